The monoisotopic (exact) mass is 321 g/mol. The van der Waals surface area contributed by atoms with E-state index in [2.05, 4.69) is 28.1 Å². The fourth-order valence-electron chi connectivity index (χ4n) is 3.18. The van der Waals surface area contributed by atoms with E-state index in [1.165, 1.54) is 0 Å². The zero-order valence-electron chi connectivity index (χ0n) is 13.2. The molecule has 1 fully saturated rings. The number of benzene rings is 2. The standard InChI is InChI=1S/C19H19N3O2/c23-17-11-14-10-15(8-9-16(14)21-17)20-19(24)22-18(13-6-7-13)12-4-2-1-3-5-12/h1-5,8-10,13,18H,6-7,11H2,(H,21,23)(H2,20,22,24)/t18-/m1/s1. The average molecular weight is 321 g/mol. The summed E-state index contributed by atoms with van der Waals surface area (Å²) in [7, 11) is 0. The minimum Gasteiger partial charge on any atom is -0.331 e. The lowest BCUT2D eigenvalue weighted by atomic mass is 10.0. The quantitative estimate of drug-likeness (QED) is 0.807. The highest BCUT2D eigenvalue weighted by Crippen LogP contribution is 2.41. The molecular weight excluding hydrogens is 302 g/mol. The van der Waals surface area contributed by atoms with Gasteiger partial charge in [0.15, 0.2) is 0 Å². The zero-order valence-corrected chi connectivity index (χ0v) is 13.2. The topological polar surface area (TPSA) is 70.2 Å². The Kier molecular flexibility index (Phi) is 3.69. The maximum Gasteiger partial charge on any atom is 0.319 e. The van der Waals surface area contributed by atoms with Crippen LogP contribution in [0.2, 0.25) is 0 Å². The normalized spacial score (nSPS) is 16.9. The van der Waals surface area contributed by atoms with Crippen molar-refractivity contribution in [1.82, 2.24) is 5.32 Å². The van der Waals surface area contributed by atoms with Gasteiger partial charge in [-0.3, -0.25) is 4.79 Å². The molecule has 3 N–H and O–H groups in total. The van der Waals surface area contributed by atoms with Crippen molar-refractivity contribution in [2.24, 2.45) is 5.92 Å². The van der Waals surface area contributed by atoms with Gasteiger partial charge in [-0.05, 0) is 48.1 Å². The number of fused-ring (bicyclic) bond motifs is 1. The third-order valence-electron chi connectivity index (χ3n) is 4.53. The van der Waals surface area contributed by atoms with Crippen LogP contribution in [-0.2, 0) is 11.2 Å². The van der Waals surface area contributed by atoms with E-state index in [0.29, 0.717) is 18.0 Å². The van der Waals surface area contributed by atoms with Crippen molar-refractivity contribution in [3.63, 3.8) is 0 Å². The molecule has 2 aromatic rings. The Morgan fingerprint density at radius 2 is 1.92 bits per heavy atom. The molecule has 122 valence electrons. The van der Waals surface area contributed by atoms with Crippen LogP contribution in [0.1, 0.15) is 30.0 Å². The van der Waals surface area contributed by atoms with Crippen LogP contribution in [-0.4, -0.2) is 11.9 Å². The summed E-state index contributed by atoms with van der Waals surface area (Å²) in [6.45, 7) is 0. The minimum absolute atomic E-state index is 0.00974. The fraction of sp³-hybridized carbons (Fsp3) is 0.263. The van der Waals surface area contributed by atoms with E-state index < -0.39 is 0 Å². The Hall–Kier alpha value is -2.82. The second kappa shape index (κ2) is 6.00. The first-order valence-corrected chi connectivity index (χ1v) is 8.24. The summed E-state index contributed by atoms with van der Waals surface area (Å²) in [6.07, 6.45) is 2.65. The van der Waals surface area contributed by atoms with E-state index in [0.717, 1.165) is 29.7 Å². The van der Waals surface area contributed by atoms with E-state index in [9.17, 15) is 9.59 Å². The summed E-state index contributed by atoms with van der Waals surface area (Å²) in [5, 5.41) is 8.76. The lowest BCUT2D eigenvalue weighted by Crippen LogP contribution is -2.33. The maximum absolute atomic E-state index is 12.4. The van der Waals surface area contributed by atoms with E-state index in [1.54, 1.807) is 6.07 Å². The summed E-state index contributed by atoms with van der Waals surface area (Å²) < 4.78 is 0. The van der Waals surface area contributed by atoms with Crippen LogP contribution >= 0.6 is 0 Å². The molecule has 5 nitrogen and oxygen atoms in total. The van der Waals surface area contributed by atoms with Gasteiger partial charge in [0.05, 0.1) is 12.5 Å². The van der Waals surface area contributed by atoms with Gasteiger partial charge in [0.1, 0.15) is 0 Å². The SMILES string of the molecule is O=C1Cc2cc(NC(=O)N[C@H](c3ccccc3)C3CC3)ccc2N1. The van der Waals surface area contributed by atoms with Crippen molar-refractivity contribution in [3.05, 3.63) is 59.7 Å². The number of hydrogen-bond acceptors (Lipinski definition) is 2. The summed E-state index contributed by atoms with van der Waals surface area (Å²) in [5.41, 5.74) is 3.58. The third-order valence-corrected chi connectivity index (χ3v) is 4.53. The van der Waals surface area contributed by atoms with E-state index in [1.807, 2.05) is 30.3 Å². The van der Waals surface area contributed by atoms with Crippen LogP contribution in [0.15, 0.2) is 48.5 Å². The Bertz CT molecular complexity index is 784. The number of urea groups is 1. The number of rotatable bonds is 4. The smallest absolute Gasteiger partial charge is 0.319 e. The number of amides is 3. The average Bonchev–Trinajstić information content (AvgIpc) is 3.34. The van der Waals surface area contributed by atoms with Crippen molar-refractivity contribution >= 4 is 23.3 Å². The minimum atomic E-state index is -0.215. The number of hydrogen-bond donors (Lipinski definition) is 3. The molecule has 0 unspecified atom stereocenters. The molecule has 2 aromatic carbocycles. The van der Waals surface area contributed by atoms with Gasteiger partial charge in [0.25, 0.3) is 0 Å². The van der Waals surface area contributed by atoms with Crippen molar-refractivity contribution in [2.45, 2.75) is 25.3 Å². The number of carbonyl (C=O) groups is 2. The molecule has 0 bridgehead atoms. The number of anilines is 2. The van der Waals surface area contributed by atoms with Crippen LogP contribution in [0.4, 0.5) is 16.2 Å². The van der Waals surface area contributed by atoms with Crippen molar-refractivity contribution in [3.8, 4) is 0 Å². The molecule has 2 aliphatic rings. The first kappa shape index (κ1) is 14.8. The van der Waals surface area contributed by atoms with Gasteiger partial charge >= 0.3 is 6.03 Å². The van der Waals surface area contributed by atoms with Gasteiger partial charge in [-0.25, -0.2) is 4.79 Å². The van der Waals surface area contributed by atoms with Crippen molar-refractivity contribution in [1.29, 1.82) is 0 Å². The van der Waals surface area contributed by atoms with Crippen molar-refractivity contribution in [2.75, 3.05) is 10.6 Å². The summed E-state index contributed by atoms with van der Waals surface area (Å²) in [6, 6.07) is 15.4. The Morgan fingerprint density at radius 3 is 2.67 bits per heavy atom. The lowest BCUT2D eigenvalue weighted by Gasteiger charge is -2.19. The predicted octanol–water partition coefficient (Wildman–Crippen LogP) is 3.45. The molecule has 0 spiro atoms. The van der Waals surface area contributed by atoms with Crippen LogP contribution in [0, 0.1) is 5.92 Å². The largest absolute Gasteiger partial charge is 0.331 e. The summed E-state index contributed by atoms with van der Waals surface area (Å²) >= 11 is 0. The lowest BCUT2D eigenvalue weighted by molar-refractivity contribution is -0.115. The van der Waals surface area contributed by atoms with Gasteiger partial charge < -0.3 is 16.0 Å². The number of nitrogens with one attached hydrogen (secondary N) is 3. The molecule has 5 heteroatoms. The Morgan fingerprint density at radius 1 is 1.12 bits per heavy atom. The zero-order chi connectivity index (χ0) is 16.5. The first-order valence-electron chi connectivity index (χ1n) is 8.24. The van der Waals surface area contributed by atoms with Gasteiger partial charge in [-0.15, -0.1) is 0 Å². The summed E-state index contributed by atoms with van der Waals surface area (Å²) in [4.78, 5) is 23.8. The van der Waals surface area contributed by atoms with E-state index in [4.69, 9.17) is 0 Å². The predicted molar refractivity (Wildman–Crippen MR) is 92.8 cm³/mol. The fourth-order valence-corrected chi connectivity index (χ4v) is 3.18. The molecule has 0 saturated heterocycles. The highest BCUT2D eigenvalue weighted by molar-refractivity contribution is 6.00. The molecule has 1 aliphatic heterocycles. The second-order valence-corrected chi connectivity index (χ2v) is 6.42. The molecule has 4 rings (SSSR count). The Balaban J connectivity index is 1.44. The first-order chi connectivity index (χ1) is 11.7. The molecule has 1 saturated carbocycles. The number of carbonyl (C=O) groups excluding carboxylic acids is 2. The van der Waals surface area contributed by atoms with E-state index in [-0.39, 0.29) is 18.0 Å². The molecule has 0 aromatic heterocycles. The van der Waals surface area contributed by atoms with Gasteiger partial charge in [0.2, 0.25) is 5.91 Å². The molecule has 1 aliphatic carbocycles. The van der Waals surface area contributed by atoms with Crippen LogP contribution in [0.5, 0.6) is 0 Å². The third kappa shape index (κ3) is 3.11. The molecule has 1 atom stereocenters. The van der Waals surface area contributed by atoms with Crippen LogP contribution in [0.3, 0.4) is 0 Å². The maximum atomic E-state index is 12.4. The molecule has 3 amide bonds. The Labute approximate surface area is 140 Å². The van der Waals surface area contributed by atoms with Crippen molar-refractivity contribution < 1.29 is 9.59 Å². The second-order valence-electron chi connectivity index (χ2n) is 6.42. The highest BCUT2D eigenvalue weighted by atomic mass is 16.2. The van der Waals surface area contributed by atoms with Crippen LogP contribution in [0.25, 0.3) is 0 Å². The highest BCUT2D eigenvalue weighted by Gasteiger charge is 2.33. The molecular formula is C19H19N3O2. The van der Waals surface area contributed by atoms with Crippen LogP contribution < -0.4 is 16.0 Å². The molecule has 24 heavy (non-hydrogen) atoms. The molecule has 0 radical (unpaired) electrons. The van der Waals surface area contributed by atoms with Gasteiger partial charge in [-0.2, -0.15) is 0 Å². The van der Waals surface area contributed by atoms with Gasteiger partial charge in [0, 0.05) is 11.4 Å². The molecule has 1 heterocycles. The summed E-state index contributed by atoms with van der Waals surface area (Å²) in [5.74, 6) is 0.504. The van der Waals surface area contributed by atoms with E-state index >= 15 is 0 Å². The van der Waals surface area contributed by atoms with Gasteiger partial charge in [-0.1, -0.05) is 30.3 Å².